The van der Waals surface area contributed by atoms with E-state index in [9.17, 15) is 14.7 Å². The fourth-order valence-corrected chi connectivity index (χ4v) is 14.0. The standard InChI is InChI=1S/C20H16N2O2Se.C19H14N2O2Se.C19H16N2OSe/c1-24-20(23)16-9-7-15(8-10-16)18-19-17(11-12-25-19)22(21-18)13-14-5-3-2-4-6-14;22-19(23)15-8-6-14(7-9-15)17-18-16(10-11-24-18)21(20-17)12-13-4-2-1-3-5-13;22-13-15-6-8-16(9-7-15)18-19-17(10-11-23-19)21(20-18)12-14-4-2-1-3-5-14/h2-12H,13H2,1H3;1-11H,12H2,(H,22,23);1-11,22H,12-13H2. The first-order chi connectivity index (χ1) is 35.3. The number of carboxylic acid groups (broad SMARTS) is 1. The maximum absolute atomic E-state index is 11.6. The van der Waals surface area contributed by atoms with Gasteiger partial charge < -0.3 is 0 Å². The summed E-state index contributed by atoms with van der Waals surface area (Å²) in [6.07, 6.45) is 0. The number of aliphatic hydroxyl groups excluding tert-OH is 1. The molecule has 6 heterocycles. The number of fused-ring (bicyclic) bond motifs is 3. The maximum atomic E-state index is 11.6. The molecule has 0 amide bonds. The molecule has 0 saturated heterocycles. The molecule has 0 aliphatic rings. The van der Waals surface area contributed by atoms with E-state index >= 15 is 0 Å². The first-order valence-corrected chi connectivity index (χ1v) is 28.5. The van der Waals surface area contributed by atoms with Gasteiger partial charge >= 0.3 is 436 Å². The molecular weight excluding hydrogens is 1100 g/mol. The molecule has 0 atom stereocenters. The molecule has 0 unspecified atom stereocenters. The number of aliphatic hydroxyl groups is 1. The summed E-state index contributed by atoms with van der Waals surface area (Å²) in [7, 11) is 1.39. The van der Waals surface area contributed by atoms with E-state index < -0.39 is 5.97 Å². The Hall–Kier alpha value is -7.37. The van der Waals surface area contributed by atoms with Crippen molar-refractivity contribution in [1.29, 1.82) is 0 Å². The number of aromatic nitrogens is 6. The molecule has 11 nitrogen and oxygen atoms in total. The molecule has 72 heavy (non-hydrogen) atoms. The van der Waals surface area contributed by atoms with Crippen molar-refractivity contribution in [2.75, 3.05) is 7.11 Å². The molecule has 14 heteroatoms. The Labute approximate surface area is 433 Å². The number of carboxylic acids is 1. The molecule has 0 bridgehead atoms. The van der Waals surface area contributed by atoms with E-state index in [4.69, 9.17) is 25.1 Å². The SMILES string of the molecule is COC(=O)c1ccc(-c2nn(Cc3ccccc3)c3cc[se]c23)cc1.O=C(O)c1ccc(-c2nn(Cc3ccccc3)c3cc[se]c23)cc1.OCc1ccc(-c2nn(Cc3ccccc3)c3cc[se]c23)cc1. The van der Waals surface area contributed by atoms with Crippen molar-refractivity contribution in [1.82, 2.24) is 29.3 Å². The molecule has 0 fully saturated rings. The van der Waals surface area contributed by atoms with E-state index in [1.165, 1.54) is 47.6 Å². The van der Waals surface area contributed by atoms with Gasteiger partial charge in [-0.3, -0.25) is 0 Å². The van der Waals surface area contributed by atoms with E-state index in [1.54, 1.807) is 24.3 Å². The van der Waals surface area contributed by atoms with Crippen LogP contribution in [0.3, 0.4) is 0 Å². The molecule has 12 rings (SSSR count). The number of nitrogens with zero attached hydrogens (tertiary/aromatic N) is 6. The fraction of sp³-hybridized carbons (Fsp3) is 0.0862. The fourth-order valence-electron chi connectivity index (χ4n) is 8.33. The van der Waals surface area contributed by atoms with Crippen molar-refractivity contribution in [2.45, 2.75) is 26.2 Å². The summed E-state index contributed by atoms with van der Waals surface area (Å²) in [5.74, 6) is -1.23. The number of carbonyl (C=O) groups excluding carboxylic acids is 1. The van der Waals surface area contributed by atoms with Crippen LogP contribution in [0, 0.1) is 0 Å². The van der Waals surface area contributed by atoms with Crippen molar-refractivity contribution in [3.8, 4) is 33.8 Å². The van der Waals surface area contributed by atoms with Gasteiger partial charge in [-0.25, -0.2) is 0 Å². The van der Waals surface area contributed by atoms with Crippen LogP contribution < -0.4 is 0 Å². The molecular formula is C58H46N6O5Se3. The molecule has 0 aliphatic heterocycles. The number of rotatable bonds is 12. The van der Waals surface area contributed by atoms with Crippen molar-refractivity contribution < 1.29 is 24.5 Å². The second-order valence-electron chi connectivity index (χ2n) is 16.7. The van der Waals surface area contributed by atoms with Gasteiger partial charge in [0.2, 0.25) is 0 Å². The molecule has 6 aromatic carbocycles. The van der Waals surface area contributed by atoms with Gasteiger partial charge in [0.15, 0.2) is 0 Å². The van der Waals surface area contributed by atoms with Gasteiger partial charge in [0, 0.05) is 0 Å². The van der Waals surface area contributed by atoms with Crippen molar-refractivity contribution in [3.05, 3.63) is 230 Å². The molecule has 356 valence electrons. The number of carbonyl (C=O) groups is 2. The molecule has 2 N–H and O–H groups in total. The van der Waals surface area contributed by atoms with E-state index in [0.717, 1.165) is 64.5 Å². The minimum atomic E-state index is -0.910. The average molecular weight is 1140 g/mol. The van der Waals surface area contributed by atoms with Gasteiger partial charge in [0.05, 0.1) is 0 Å². The third kappa shape index (κ3) is 10.8. The number of hydrogen-bond donors (Lipinski definition) is 2. The van der Waals surface area contributed by atoms with Crippen LogP contribution in [0.4, 0.5) is 0 Å². The van der Waals surface area contributed by atoms with E-state index in [0.29, 0.717) is 40.1 Å². The molecule has 0 spiro atoms. The van der Waals surface area contributed by atoms with Crippen LogP contribution in [0.25, 0.3) is 63.1 Å². The predicted molar refractivity (Wildman–Crippen MR) is 287 cm³/mol. The van der Waals surface area contributed by atoms with Crippen LogP contribution >= 0.6 is 0 Å². The van der Waals surface area contributed by atoms with Crippen LogP contribution in [0.5, 0.6) is 0 Å². The Bertz CT molecular complexity index is 3730. The topological polar surface area (TPSA) is 137 Å². The Morgan fingerprint density at radius 2 is 0.778 bits per heavy atom. The Balaban J connectivity index is 0.000000124. The Morgan fingerprint density at radius 3 is 1.10 bits per heavy atom. The molecule has 0 radical (unpaired) electrons. The van der Waals surface area contributed by atoms with Crippen LogP contribution in [0.2, 0.25) is 0 Å². The zero-order valence-electron chi connectivity index (χ0n) is 38.9. The van der Waals surface area contributed by atoms with Crippen molar-refractivity contribution in [2.24, 2.45) is 0 Å². The van der Waals surface area contributed by atoms with Gasteiger partial charge in [0.1, 0.15) is 0 Å². The summed E-state index contributed by atoms with van der Waals surface area (Å²) in [6.45, 7) is 2.35. The molecule has 0 saturated carbocycles. The number of ether oxygens (including phenoxy) is 1. The van der Waals surface area contributed by atoms with Gasteiger partial charge in [-0.15, -0.1) is 0 Å². The first kappa shape index (κ1) is 48.3. The summed E-state index contributed by atoms with van der Waals surface area (Å²) >= 11 is 0.904. The van der Waals surface area contributed by atoms with Gasteiger partial charge in [-0.1, -0.05) is 0 Å². The van der Waals surface area contributed by atoms with Crippen LogP contribution in [-0.2, 0) is 31.0 Å². The minimum absolute atomic E-state index is 0.0757. The summed E-state index contributed by atoms with van der Waals surface area (Å²) in [5.41, 5.74) is 15.2. The quantitative estimate of drug-likeness (QED) is 0.0912. The summed E-state index contributed by atoms with van der Waals surface area (Å²) in [6, 6.07) is 60.0. The summed E-state index contributed by atoms with van der Waals surface area (Å²) in [4.78, 5) is 29.3. The second-order valence-corrected chi connectivity index (χ2v) is 22.5. The van der Waals surface area contributed by atoms with Gasteiger partial charge in [0.25, 0.3) is 0 Å². The van der Waals surface area contributed by atoms with Crippen LogP contribution in [0.1, 0.15) is 43.0 Å². The van der Waals surface area contributed by atoms with E-state index in [-0.39, 0.29) is 27.1 Å². The number of benzene rings is 6. The summed E-state index contributed by atoms with van der Waals surface area (Å²) in [5, 5.41) is 32.8. The van der Waals surface area contributed by atoms with Gasteiger partial charge in [-0.05, 0) is 0 Å². The Kier molecular flexibility index (Phi) is 15.0. The molecule has 6 aromatic heterocycles. The van der Waals surface area contributed by atoms with E-state index in [1.807, 2.05) is 83.5 Å². The number of methoxy groups -OCH3 is 1. The monoisotopic (exact) mass is 1150 g/mol. The van der Waals surface area contributed by atoms with Crippen molar-refractivity contribution in [3.63, 3.8) is 0 Å². The number of aromatic carboxylic acids is 1. The van der Waals surface area contributed by atoms with Crippen LogP contribution in [0.15, 0.2) is 197 Å². The predicted octanol–water partition coefficient (Wildman–Crippen LogP) is 10.4. The zero-order chi connectivity index (χ0) is 49.4. The van der Waals surface area contributed by atoms with Crippen LogP contribution in [-0.4, -0.2) is 102 Å². The zero-order valence-corrected chi connectivity index (χ0v) is 44.0. The van der Waals surface area contributed by atoms with Gasteiger partial charge in [-0.2, -0.15) is 0 Å². The molecule has 12 aromatic rings. The number of esters is 1. The Morgan fingerprint density at radius 1 is 0.444 bits per heavy atom. The third-order valence-electron chi connectivity index (χ3n) is 12.0. The van der Waals surface area contributed by atoms with E-state index in [2.05, 4.69) is 103 Å². The number of hydrogen-bond acceptors (Lipinski definition) is 7. The normalized spacial score (nSPS) is 11.0. The average Bonchev–Trinajstić information content (AvgIpc) is 4.31. The second kappa shape index (κ2) is 22.4. The first-order valence-electron chi connectivity index (χ1n) is 23.0. The summed E-state index contributed by atoms with van der Waals surface area (Å²) < 4.78 is 14.9. The molecule has 0 aliphatic carbocycles. The third-order valence-corrected chi connectivity index (χ3v) is 17.7. The van der Waals surface area contributed by atoms with Crippen molar-refractivity contribution >= 4 is 84.8 Å².